The minimum absolute atomic E-state index is 0.0447. The Hall–Kier alpha value is -2.59. The number of hydrogen-bond donors (Lipinski definition) is 2. The number of rotatable bonds is 6. The van der Waals surface area contributed by atoms with E-state index < -0.39 is 4.92 Å². The van der Waals surface area contributed by atoms with Crippen LogP contribution < -0.4 is 10.5 Å². The molecule has 2 aromatic rings. The number of nitrogens with two attached hydrogens (primary N) is 1. The average molecular weight is 439 g/mol. The molecule has 0 aliphatic heterocycles. The van der Waals surface area contributed by atoms with Gasteiger partial charge in [-0.1, -0.05) is 42.1 Å². The first-order chi connectivity index (χ1) is 12.4. The molecule has 0 aliphatic rings. The Kier molecular flexibility index (Phi) is 6.98. The number of amidine groups is 1. The molecule has 0 aliphatic carbocycles. The quantitative estimate of drug-likeness (QED) is 0.307. The van der Waals surface area contributed by atoms with Crippen LogP contribution in [0.4, 0.5) is 5.69 Å². The molecule has 3 N–H and O–H groups in total. The first-order valence-electron chi connectivity index (χ1n) is 7.21. The summed E-state index contributed by atoms with van der Waals surface area (Å²) in [5.41, 5.74) is 6.68. The van der Waals surface area contributed by atoms with Gasteiger partial charge in [-0.25, -0.2) is 0 Å². The first-order valence-corrected chi connectivity index (χ1v) is 8.99. The maximum absolute atomic E-state index is 11.1. The summed E-state index contributed by atoms with van der Waals surface area (Å²) in [5.74, 6) is 0.293. The summed E-state index contributed by atoms with van der Waals surface area (Å²) < 4.78 is 5.01. The fourth-order valence-electron chi connectivity index (χ4n) is 1.94. The van der Waals surface area contributed by atoms with Crippen LogP contribution in [0.2, 0.25) is 0 Å². The molecule has 0 heterocycles. The number of phenols is 1. The molecule has 0 spiro atoms. The minimum atomic E-state index is -0.600. The van der Waals surface area contributed by atoms with E-state index in [0.717, 1.165) is 11.6 Å². The van der Waals surface area contributed by atoms with Crippen molar-refractivity contribution in [3.05, 3.63) is 62.1 Å². The maximum atomic E-state index is 11.1. The van der Waals surface area contributed by atoms with E-state index >= 15 is 0 Å². The van der Waals surface area contributed by atoms with Gasteiger partial charge in [0.1, 0.15) is 4.47 Å². The minimum Gasteiger partial charge on any atom is -0.504 e. The van der Waals surface area contributed by atoms with Gasteiger partial charge in [0.15, 0.2) is 16.7 Å². The van der Waals surface area contributed by atoms with Crippen LogP contribution in [0, 0.1) is 10.1 Å². The van der Waals surface area contributed by atoms with Crippen molar-refractivity contribution in [2.75, 3.05) is 7.11 Å². The summed E-state index contributed by atoms with van der Waals surface area (Å²) in [6.45, 7) is 0. The number of thioether (sulfide) groups is 1. The molecule has 0 unspecified atom stereocenters. The molecule has 0 fully saturated rings. The van der Waals surface area contributed by atoms with Crippen LogP contribution >= 0.6 is 27.7 Å². The van der Waals surface area contributed by atoms with Crippen molar-refractivity contribution < 1.29 is 14.8 Å². The summed E-state index contributed by atoms with van der Waals surface area (Å²) in [7, 11) is 1.30. The third-order valence-corrected chi connectivity index (χ3v) is 4.90. The highest BCUT2D eigenvalue weighted by Crippen LogP contribution is 2.40. The number of nitro groups is 1. The Morgan fingerprint density at radius 1 is 1.46 bits per heavy atom. The molecule has 8 nitrogen and oxygen atoms in total. The highest BCUT2D eigenvalue weighted by molar-refractivity contribution is 9.10. The SMILES string of the molecule is COc1cc([N+](=O)[O-])c(Br)c(C=NN=C(N)SCc2ccccc2)c1O. The van der Waals surface area contributed by atoms with Crippen molar-refractivity contribution in [2.45, 2.75) is 5.75 Å². The van der Waals surface area contributed by atoms with E-state index in [1.54, 1.807) is 0 Å². The smallest absolute Gasteiger partial charge is 0.288 e. The molecule has 0 saturated heterocycles. The van der Waals surface area contributed by atoms with Crippen molar-refractivity contribution in [1.29, 1.82) is 0 Å². The number of ether oxygens (including phenoxy) is 1. The van der Waals surface area contributed by atoms with Gasteiger partial charge >= 0.3 is 0 Å². The molecule has 0 saturated carbocycles. The predicted octanol–water partition coefficient (Wildman–Crippen LogP) is 3.65. The lowest BCUT2D eigenvalue weighted by Gasteiger charge is -2.08. The highest BCUT2D eigenvalue weighted by atomic mass is 79.9. The Morgan fingerprint density at radius 3 is 2.77 bits per heavy atom. The second-order valence-corrected chi connectivity index (χ2v) is 6.68. The van der Waals surface area contributed by atoms with Gasteiger partial charge in [-0.2, -0.15) is 5.10 Å². The van der Waals surface area contributed by atoms with Crippen LogP contribution in [0.5, 0.6) is 11.5 Å². The normalized spacial score (nSPS) is 11.7. The lowest BCUT2D eigenvalue weighted by molar-refractivity contribution is -0.385. The van der Waals surface area contributed by atoms with Gasteiger partial charge < -0.3 is 15.6 Å². The number of nitro benzene ring substituents is 1. The van der Waals surface area contributed by atoms with Crippen molar-refractivity contribution in [1.82, 2.24) is 0 Å². The predicted molar refractivity (Wildman–Crippen MR) is 106 cm³/mol. The third-order valence-electron chi connectivity index (χ3n) is 3.21. The van der Waals surface area contributed by atoms with E-state index in [0.29, 0.717) is 5.75 Å². The second kappa shape index (κ2) is 9.20. The van der Waals surface area contributed by atoms with Crippen LogP contribution in [-0.2, 0) is 5.75 Å². The fourth-order valence-corrected chi connectivity index (χ4v) is 3.10. The Labute approximate surface area is 162 Å². The molecular formula is C16H15BrN4O4S. The van der Waals surface area contributed by atoms with Crippen LogP contribution in [0.15, 0.2) is 51.1 Å². The summed E-state index contributed by atoms with van der Waals surface area (Å²) in [6, 6.07) is 10.8. The van der Waals surface area contributed by atoms with E-state index in [1.165, 1.54) is 25.1 Å². The summed E-state index contributed by atoms with van der Waals surface area (Å²) in [5, 5.41) is 29.1. The molecule has 26 heavy (non-hydrogen) atoms. The molecular weight excluding hydrogens is 424 g/mol. The molecule has 0 aromatic heterocycles. The second-order valence-electron chi connectivity index (χ2n) is 4.89. The van der Waals surface area contributed by atoms with Crippen molar-refractivity contribution in [2.24, 2.45) is 15.9 Å². The first kappa shape index (κ1) is 19.7. The molecule has 136 valence electrons. The molecule has 2 rings (SSSR count). The van der Waals surface area contributed by atoms with E-state index in [-0.39, 0.29) is 32.4 Å². The topological polar surface area (TPSA) is 123 Å². The molecule has 0 atom stereocenters. The zero-order valence-corrected chi connectivity index (χ0v) is 16.0. The van der Waals surface area contributed by atoms with Crippen molar-refractivity contribution in [3.8, 4) is 11.5 Å². The van der Waals surface area contributed by atoms with E-state index in [4.69, 9.17) is 10.5 Å². The van der Waals surface area contributed by atoms with Crippen LogP contribution in [0.25, 0.3) is 0 Å². The molecule has 0 bridgehead atoms. The van der Waals surface area contributed by atoms with Gasteiger partial charge in [0, 0.05) is 5.75 Å². The average Bonchev–Trinajstić information content (AvgIpc) is 2.63. The lowest BCUT2D eigenvalue weighted by Crippen LogP contribution is -2.06. The van der Waals surface area contributed by atoms with Crippen LogP contribution in [0.3, 0.4) is 0 Å². The summed E-state index contributed by atoms with van der Waals surface area (Å²) >= 11 is 4.39. The number of nitrogens with zero attached hydrogens (tertiary/aromatic N) is 3. The van der Waals surface area contributed by atoms with E-state index in [2.05, 4.69) is 26.1 Å². The molecule has 10 heteroatoms. The highest BCUT2D eigenvalue weighted by Gasteiger charge is 2.22. The molecule has 2 aromatic carbocycles. The monoisotopic (exact) mass is 438 g/mol. The van der Waals surface area contributed by atoms with Crippen molar-refractivity contribution >= 4 is 44.8 Å². The molecule has 0 amide bonds. The Bertz CT molecular complexity index is 859. The Morgan fingerprint density at radius 2 is 2.15 bits per heavy atom. The maximum Gasteiger partial charge on any atom is 0.288 e. The third kappa shape index (κ3) is 4.96. The molecule has 0 radical (unpaired) electrons. The zero-order chi connectivity index (χ0) is 19.1. The Balaban J connectivity index is 2.18. The number of halogens is 1. The summed E-state index contributed by atoms with van der Waals surface area (Å²) in [6.07, 6.45) is 1.17. The standard InChI is InChI=1S/C16H15BrN4O4S/c1-25-13-7-12(21(23)24)14(17)11(15(13)22)8-19-20-16(18)26-9-10-5-3-2-4-6-10/h2-8,22H,9H2,1H3,(H2,18,20). The number of hydrogen-bond acceptors (Lipinski definition) is 7. The fraction of sp³-hybridized carbons (Fsp3) is 0.125. The number of aromatic hydroxyl groups is 1. The van der Waals surface area contributed by atoms with Gasteiger partial charge in [0.2, 0.25) is 0 Å². The number of benzene rings is 2. The van der Waals surface area contributed by atoms with Gasteiger partial charge in [0.05, 0.1) is 29.9 Å². The van der Waals surface area contributed by atoms with Gasteiger partial charge in [-0.15, -0.1) is 5.10 Å². The van der Waals surface area contributed by atoms with E-state index in [1.807, 2.05) is 30.3 Å². The lowest BCUT2D eigenvalue weighted by atomic mass is 10.1. The van der Waals surface area contributed by atoms with Crippen LogP contribution in [0.1, 0.15) is 11.1 Å². The van der Waals surface area contributed by atoms with Gasteiger partial charge in [-0.05, 0) is 21.5 Å². The number of methoxy groups -OCH3 is 1. The largest absolute Gasteiger partial charge is 0.504 e. The van der Waals surface area contributed by atoms with Crippen molar-refractivity contribution in [3.63, 3.8) is 0 Å². The number of phenolic OH excluding ortho intramolecular Hbond substituents is 1. The van der Waals surface area contributed by atoms with Crippen LogP contribution in [-0.4, -0.2) is 28.5 Å². The van der Waals surface area contributed by atoms with E-state index in [9.17, 15) is 15.2 Å². The zero-order valence-electron chi connectivity index (χ0n) is 13.6. The summed E-state index contributed by atoms with van der Waals surface area (Å²) in [4.78, 5) is 10.5. The van der Waals surface area contributed by atoms with Gasteiger partial charge in [0.25, 0.3) is 5.69 Å². The van der Waals surface area contributed by atoms with Gasteiger partial charge in [-0.3, -0.25) is 10.1 Å².